The molecule has 0 aliphatic carbocycles. The van der Waals surface area contributed by atoms with Crippen LogP contribution in [0.3, 0.4) is 0 Å². The van der Waals surface area contributed by atoms with Crippen LogP contribution in [0.25, 0.3) is 0 Å². The molecule has 0 saturated heterocycles. The fourth-order valence-corrected chi connectivity index (χ4v) is 1.50. The van der Waals surface area contributed by atoms with Gasteiger partial charge in [-0.05, 0) is 20.8 Å². The summed E-state index contributed by atoms with van der Waals surface area (Å²) in [7, 11) is 0. The largest absolute Gasteiger partial charge is 0.477 e. The minimum Gasteiger partial charge on any atom is -0.477 e. The zero-order valence-electron chi connectivity index (χ0n) is 9.52. The Hall–Kier alpha value is -1.85. The molecule has 0 aliphatic rings. The van der Waals surface area contributed by atoms with Crippen LogP contribution in [0.1, 0.15) is 41.7 Å². The van der Waals surface area contributed by atoms with Gasteiger partial charge in [0.1, 0.15) is 0 Å². The highest BCUT2D eigenvalue weighted by Gasteiger charge is 2.25. The van der Waals surface area contributed by atoms with Gasteiger partial charge in [-0.1, -0.05) is 0 Å². The molecule has 0 radical (unpaired) electrons. The maximum Gasteiger partial charge on any atom is 0.354 e. The lowest BCUT2D eigenvalue weighted by Gasteiger charge is -2.24. The third kappa shape index (κ3) is 2.21. The average molecular weight is 225 g/mol. The van der Waals surface area contributed by atoms with E-state index in [2.05, 4.69) is 9.97 Å². The number of aromatic carboxylic acids is 1. The van der Waals surface area contributed by atoms with Crippen molar-refractivity contribution in [2.24, 2.45) is 0 Å². The summed E-state index contributed by atoms with van der Waals surface area (Å²) in [5.41, 5.74) is -0.202. The summed E-state index contributed by atoms with van der Waals surface area (Å²) < 4.78 is 0. The number of aromatic nitrogens is 2. The second kappa shape index (κ2) is 4.78. The number of H-pyrrole nitrogens is 1. The van der Waals surface area contributed by atoms with Crippen LogP contribution in [0.2, 0.25) is 0 Å². The highest BCUT2D eigenvalue weighted by molar-refractivity contribution is 6.02. The van der Waals surface area contributed by atoms with Crippen molar-refractivity contribution in [2.75, 3.05) is 6.54 Å². The Bertz CT molecular complexity index is 398. The van der Waals surface area contributed by atoms with Crippen molar-refractivity contribution in [1.82, 2.24) is 14.9 Å². The van der Waals surface area contributed by atoms with Gasteiger partial charge in [-0.2, -0.15) is 0 Å². The summed E-state index contributed by atoms with van der Waals surface area (Å²) in [5.74, 6) is -1.54. The van der Waals surface area contributed by atoms with Crippen LogP contribution in [-0.2, 0) is 0 Å². The van der Waals surface area contributed by atoms with E-state index in [0.29, 0.717) is 6.54 Å². The quantitative estimate of drug-likeness (QED) is 0.799. The molecule has 0 aliphatic heterocycles. The topological polar surface area (TPSA) is 86.3 Å². The van der Waals surface area contributed by atoms with E-state index in [4.69, 9.17) is 5.11 Å². The number of carboxylic acids is 1. The number of carbonyl (C=O) groups is 2. The average Bonchev–Trinajstić information content (AvgIpc) is 2.65. The smallest absolute Gasteiger partial charge is 0.354 e. The molecule has 1 heterocycles. The summed E-state index contributed by atoms with van der Waals surface area (Å²) in [6, 6.07) is 0.0100. The van der Waals surface area contributed by atoms with Gasteiger partial charge in [-0.3, -0.25) is 4.79 Å². The standard InChI is InChI=1S/C10H15N3O3/c1-4-13(6(2)3)9(14)7-8(10(15)16)12-5-11-7/h5-6H,4H2,1-3H3,(H,11,12)(H,15,16). The number of nitrogens with zero attached hydrogens (tertiary/aromatic N) is 2. The molecule has 1 rings (SSSR count). The first kappa shape index (κ1) is 12.2. The predicted octanol–water partition coefficient (Wildman–Crippen LogP) is 0.978. The molecule has 0 aromatic carbocycles. The van der Waals surface area contributed by atoms with Crippen molar-refractivity contribution >= 4 is 11.9 Å². The van der Waals surface area contributed by atoms with Crippen molar-refractivity contribution in [3.05, 3.63) is 17.7 Å². The molecule has 2 N–H and O–H groups in total. The lowest BCUT2D eigenvalue weighted by Crippen LogP contribution is -2.37. The molecule has 0 fully saturated rings. The third-order valence-electron chi connectivity index (χ3n) is 2.28. The van der Waals surface area contributed by atoms with E-state index in [1.807, 2.05) is 20.8 Å². The predicted molar refractivity (Wildman–Crippen MR) is 57.4 cm³/mol. The number of nitrogens with one attached hydrogen (secondary N) is 1. The monoisotopic (exact) mass is 225 g/mol. The molecule has 0 spiro atoms. The molecule has 6 nitrogen and oxygen atoms in total. The Morgan fingerprint density at radius 2 is 2.19 bits per heavy atom. The van der Waals surface area contributed by atoms with E-state index in [-0.39, 0.29) is 23.3 Å². The zero-order valence-corrected chi connectivity index (χ0v) is 9.52. The number of carboxylic acid groups (broad SMARTS) is 1. The first-order valence-electron chi connectivity index (χ1n) is 5.06. The molecule has 0 saturated carbocycles. The molecule has 1 aromatic heterocycles. The zero-order chi connectivity index (χ0) is 12.3. The normalized spacial score (nSPS) is 10.5. The Labute approximate surface area is 93.3 Å². The van der Waals surface area contributed by atoms with Crippen LogP contribution in [-0.4, -0.2) is 44.4 Å². The molecule has 16 heavy (non-hydrogen) atoms. The first-order chi connectivity index (χ1) is 7.49. The van der Waals surface area contributed by atoms with Gasteiger partial charge < -0.3 is 15.0 Å². The molecule has 88 valence electrons. The van der Waals surface area contributed by atoms with Crippen LogP contribution < -0.4 is 0 Å². The summed E-state index contributed by atoms with van der Waals surface area (Å²) in [5, 5.41) is 8.85. The van der Waals surface area contributed by atoms with E-state index in [9.17, 15) is 9.59 Å². The Morgan fingerprint density at radius 3 is 2.62 bits per heavy atom. The number of imidazole rings is 1. The molecule has 0 bridgehead atoms. The number of hydrogen-bond acceptors (Lipinski definition) is 3. The summed E-state index contributed by atoms with van der Waals surface area (Å²) in [4.78, 5) is 30.6. The Balaban J connectivity index is 3.04. The van der Waals surface area contributed by atoms with E-state index in [1.165, 1.54) is 6.33 Å². The SMILES string of the molecule is CCN(C(=O)c1nc[nH]c1C(=O)O)C(C)C. The molecule has 1 aromatic rings. The molecule has 0 atom stereocenters. The van der Waals surface area contributed by atoms with Gasteiger partial charge >= 0.3 is 5.97 Å². The van der Waals surface area contributed by atoms with Gasteiger partial charge in [0.2, 0.25) is 0 Å². The number of hydrogen-bond donors (Lipinski definition) is 2. The van der Waals surface area contributed by atoms with E-state index >= 15 is 0 Å². The molecular formula is C10H15N3O3. The lowest BCUT2D eigenvalue weighted by molar-refractivity contribution is 0.0656. The molecular weight excluding hydrogens is 210 g/mol. The summed E-state index contributed by atoms with van der Waals surface area (Å²) in [6.07, 6.45) is 1.21. The Morgan fingerprint density at radius 1 is 1.56 bits per heavy atom. The van der Waals surface area contributed by atoms with Gasteiger partial charge in [0.25, 0.3) is 5.91 Å². The van der Waals surface area contributed by atoms with Gasteiger partial charge in [0, 0.05) is 12.6 Å². The van der Waals surface area contributed by atoms with Crippen LogP contribution in [0, 0.1) is 0 Å². The van der Waals surface area contributed by atoms with Gasteiger partial charge in [0.15, 0.2) is 11.4 Å². The van der Waals surface area contributed by atoms with Crippen LogP contribution in [0.5, 0.6) is 0 Å². The lowest BCUT2D eigenvalue weighted by atomic mass is 10.2. The summed E-state index contributed by atoms with van der Waals surface area (Å²) >= 11 is 0. The van der Waals surface area contributed by atoms with Gasteiger partial charge in [0.05, 0.1) is 6.33 Å². The van der Waals surface area contributed by atoms with Crippen molar-refractivity contribution in [2.45, 2.75) is 26.8 Å². The second-order valence-electron chi connectivity index (χ2n) is 3.62. The van der Waals surface area contributed by atoms with Crippen LogP contribution >= 0.6 is 0 Å². The van der Waals surface area contributed by atoms with Crippen molar-refractivity contribution in [3.63, 3.8) is 0 Å². The third-order valence-corrected chi connectivity index (χ3v) is 2.28. The maximum atomic E-state index is 12.0. The van der Waals surface area contributed by atoms with Gasteiger partial charge in [-0.25, -0.2) is 9.78 Å². The Kier molecular flexibility index (Phi) is 3.65. The van der Waals surface area contributed by atoms with Crippen LogP contribution in [0.4, 0.5) is 0 Å². The van der Waals surface area contributed by atoms with E-state index in [1.54, 1.807) is 4.90 Å². The maximum absolute atomic E-state index is 12.0. The van der Waals surface area contributed by atoms with Crippen molar-refractivity contribution in [1.29, 1.82) is 0 Å². The first-order valence-corrected chi connectivity index (χ1v) is 5.06. The second-order valence-corrected chi connectivity index (χ2v) is 3.62. The number of carbonyl (C=O) groups excluding carboxylic acids is 1. The highest BCUT2D eigenvalue weighted by atomic mass is 16.4. The highest BCUT2D eigenvalue weighted by Crippen LogP contribution is 2.09. The van der Waals surface area contributed by atoms with Crippen molar-refractivity contribution < 1.29 is 14.7 Å². The molecule has 1 amide bonds. The fraction of sp³-hybridized carbons (Fsp3) is 0.500. The number of aromatic amines is 1. The number of rotatable bonds is 4. The minimum atomic E-state index is -1.18. The minimum absolute atomic E-state index is 0.0100. The fourth-order valence-electron chi connectivity index (χ4n) is 1.50. The molecule has 0 unspecified atom stereocenters. The van der Waals surface area contributed by atoms with E-state index in [0.717, 1.165) is 0 Å². The summed E-state index contributed by atoms with van der Waals surface area (Å²) in [6.45, 7) is 6.09. The number of amides is 1. The van der Waals surface area contributed by atoms with Gasteiger partial charge in [-0.15, -0.1) is 0 Å². The molecule has 6 heteroatoms. The van der Waals surface area contributed by atoms with E-state index < -0.39 is 5.97 Å². The van der Waals surface area contributed by atoms with Crippen molar-refractivity contribution in [3.8, 4) is 0 Å². The van der Waals surface area contributed by atoms with Crippen LogP contribution in [0.15, 0.2) is 6.33 Å².